The van der Waals surface area contributed by atoms with E-state index in [1.165, 1.54) is 38.5 Å². The van der Waals surface area contributed by atoms with Crippen molar-refractivity contribution in [3.63, 3.8) is 0 Å². The first-order valence-electron chi connectivity index (χ1n) is 13.6. The number of allylic oxidation sites excluding steroid dienone is 1. The van der Waals surface area contributed by atoms with Crippen LogP contribution in [0.5, 0.6) is 0 Å². The summed E-state index contributed by atoms with van der Waals surface area (Å²) in [5.74, 6) is 5.08. The fourth-order valence-electron chi connectivity index (χ4n) is 9.19. The first-order valence-corrected chi connectivity index (χ1v) is 13.6. The topological polar surface area (TPSA) is 40.5 Å². The molecule has 31 heavy (non-hydrogen) atoms. The molecule has 3 fully saturated rings. The summed E-state index contributed by atoms with van der Waals surface area (Å²) >= 11 is 0. The normalized spacial score (nSPS) is 43.6. The van der Waals surface area contributed by atoms with Gasteiger partial charge in [0.15, 0.2) is 0 Å². The van der Waals surface area contributed by atoms with E-state index in [4.69, 9.17) is 0 Å². The minimum atomic E-state index is -0.136. The van der Waals surface area contributed by atoms with Crippen LogP contribution in [0.2, 0.25) is 0 Å². The third-order valence-electron chi connectivity index (χ3n) is 11.1. The largest absolute Gasteiger partial charge is 0.393 e. The van der Waals surface area contributed by atoms with E-state index >= 15 is 0 Å². The fraction of sp³-hybridized carbons (Fsp3) is 0.931. The van der Waals surface area contributed by atoms with Crippen LogP contribution in [0, 0.1) is 52.3 Å². The second-order valence-electron chi connectivity index (χ2n) is 13.3. The van der Waals surface area contributed by atoms with Crippen LogP contribution in [-0.2, 0) is 0 Å². The van der Waals surface area contributed by atoms with Crippen LogP contribution >= 0.6 is 0 Å². The van der Waals surface area contributed by atoms with E-state index < -0.39 is 0 Å². The Morgan fingerprint density at radius 3 is 2.35 bits per heavy atom. The van der Waals surface area contributed by atoms with Crippen molar-refractivity contribution in [2.24, 2.45) is 52.3 Å². The van der Waals surface area contributed by atoms with Crippen molar-refractivity contribution < 1.29 is 10.2 Å². The van der Waals surface area contributed by atoms with Crippen LogP contribution in [0.3, 0.4) is 0 Å². The first kappa shape index (κ1) is 23.8. The first-order chi connectivity index (χ1) is 14.6. The predicted molar refractivity (Wildman–Crippen MR) is 130 cm³/mol. The van der Waals surface area contributed by atoms with Gasteiger partial charge in [-0.1, -0.05) is 53.2 Å². The van der Waals surface area contributed by atoms with E-state index in [0.29, 0.717) is 34.5 Å². The predicted octanol–water partition coefficient (Wildman–Crippen LogP) is 7.00. The number of fused-ring (bicyclic) bond motifs is 5. The number of aliphatic hydroxyl groups excluding tert-OH is 2. The van der Waals surface area contributed by atoms with E-state index in [1.54, 1.807) is 5.57 Å². The molecule has 0 bridgehead atoms. The maximum absolute atomic E-state index is 11.1. The summed E-state index contributed by atoms with van der Waals surface area (Å²) < 4.78 is 0. The van der Waals surface area contributed by atoms with Crippen molar-refractivity contribution in [2.45, 2.75) is 118 Å². The maximum Gasteiger partial charge on any atom is 0.0577 e. The van der Waals surface area contributed by atoms with E-state index in [2.05, 4.69) is 47.6 Å². The molecule has 4 rings (SSSR count). The summed E-state index contributed by atoms with van der Waals surface area (Å²) in [7, 11) is 0. The molecule has 0 aliphatic heterocycles. The van der Waals surface area contributed by atoms with Gasteiger partial charge in [0.2, 0.25) is 0 Å². The zero-order valence-corrected chi connectivity index (χ0v) is 21.2. The lowest BCUT2D eigenvalue weighted by Gasteiger charge is -2.58. The molecule has 8 unspecified atom stereocenters. The fourth-order valence-corrected chi connectivity index (χ4v) is 9.19. The van der Waals surface area contributed by atoms with Crippen molar-refractivity contribution in [2.75, 3.05) is 0 Å². The summed E-state index contributed by atoms with van der Waals surface area (Å²) in [6.45, 7) is 14.4. The molecule has 178 valence electrons. The zero-order valence-electron chi connectivity index (χ0n) is 21.2. The van der Waals surface area contributed by atoms with Crippen molar-refractivity contribution in [3.8, 4) is 0 Å². The molecule has 0 aromatic rings. The van der Waals surface area contributed by atoms with E-state index in [9.17, 15) is 10.2 Å². The van der Waals surface area contributed by atoms with Gasteiger partial charge in [-0.2, -0.15) is 0 Å². The van der Waals surface area contributed by atoms with Crippen molar-refractivity contribution >= 4 is 0 Å². The zero-order chi connectivity index (χ0) is 22.6. The van der Waals surface area contributed by atoms with Crippen molar-refractivity contribution in [1.29, 1.82) is 0 Å². The van der Waals surface area contributed by atoms with Gasteiger partial charge >= 0.3 is 0 Å². The molecular weight excluding hydrogens is 380 g/mol. The van der Waals surface area contributed by atoms with Gasteiger partial charge < -0.3 is 10.2 Å². The number of hydrogen-bond donors (Lipinski definition) is 2. The summed E-state index contributed by atoms with van der Waals surface area (Å²) in [6, 6.07) is 0. The summed E-state index contributed by atoms with van der Waals surface area (Å²) in [5, 5.41) is 21.3. The molecule has 0 aromatic carbocycles. The molecule has 0 heterocycles. The molecule has 2 N–H and O–H groups in total. The SMILES string of the molecule is CC(C)C(CC(O)CC1CCC2C3CC=C4CC(O)CCC4(C)C3CCC12C)C(C)C. The Hall–Kier alpha value is -0.340. The van der Waals surface area contributed by atoms with Gasteiger partial charge in [0.1, 0.15) is 0 Å². The molecule has 0 radical (unpaired) electrons. The minimum Gasteiger partial charge on any atom is -0.393 e. The molecule has 4 aliphatic rings. The van der Waals surface area contributed by atoms with E-state index in [1.807, 2.05) is 0 Å². The minimum absolute atomic E-state index is 0.109. The Labute approximate surface area is 192 Å². The molecule has 2 nitrogen and oxygen atoms in total. The summed E-state index contributed by atoms with van der Waals surface area (Å²) in [5.41, 5.74) is 2.33. The van der Waals surface area contributed by atoms with Crippen molar-refractivity contribution in [3.05, 3.63) is 11.6 Å². The Morgan fingerprint density at radius 1 is 0.968 bits per heavy atom. The molecule has 0 aromatic heterocycles. The Morgan fingerprint density at radius 2 is 1.68 bits per heavy atom. The summed E-state index contributed by atoms with van der Waals surface area (Å²) in [6.07, 6.45) is 14.0. The highest BCUT2D eigenvalue weighted by molar-refractivity contribution is 5.25. The van der Waals surface area contributed by atoms with Gasteiger partial charge in [-0.25, -0.2) is 0 Å². The standard InChI is InChI=1S/C29H50O2/c1-18(2)25(19(3)4)17-23(31)16-21-8-10-26-24-9-7-20-15-22(30)11-13-28(20,5)27(24)12-14-29(21,26)6/h7,18-19,21-27,30-31H,8-17H2,1-6H3. The van der Waals surface area contributed by atoms with Gasteiger partial charge in [0.25, 0.3) is 0 Å². The lowest BCUT2D eigenvalue weighted by molar-refractivity contribution is -0.0566. The molecule has 0 saturated heterocycles. The quantitative estimate of drug-likeness (QED) is 0.446. The molecule has 8 atom stereocenters. The molecule has 3 saturated carbocycles. The lowest BCUT2D eigenvalue weighted by atomic mass is 9.47. The highest BCUT2D eigenvalue weighted by Crippen LogP contribution is 2.66. The number of rotatable bonds is 6. The van der Waals surface area contributed by atoms with Crippen LogP contribution in [0.1, 0.15) is 106 Å². The van der Waals surface area contributed by atoms with Crippen LogP contribution in [-0.4, -0.2) is 22.4 Å². The van der Waals surface area contributed by atoms with Gasteiger partial charge in [-0.15, -0.1) is 0 Å². The third kappa shape index (κ3) is 4.18. The Balaban J connectivity index is 1.46. The average Bonchev–Trinajstić information content (AvgIpc) is 3.02. The number of hydrogen-bond acceptors (Lipinski definition) is 2. The second kappa shape index (κ2) is 8.79. The summed E-state index contributed by atoms with van der Waals surface area (Å²) in [4.78, 5) is 0. The van der Waals surface area contributed by atoms with Crippen molar-refractivity contribution in [1.82, 2.24) is 0 Å². The van der Waals surface area contributed by atoms with Gasteiger partial charge in [-0.05, 0) is 116 Å². The third-order valence-corrected chi connectivity index (χ3v) is 11.1. The van der Waals surface area contributed by atoms with E-state index in [-0.39, 0.29) is 12.2 Å². The van der Waals surface area contributed by atoms with Crippen LogP contribution in [0.4, 0.5) is 0 Å². The van der Waals surface area contributed by atoms with Gasteiger partial charge in [0, 0.05) is 0 Å². The molecule has 4 aliphatic carbocycles. The maximum atomic E-state index is 11.1. The van der Waals surface area contributed by atoms with Crippen LogP contribution < -0.4 is 0 Å². The van der Waals surface area contributed by atoms with Crippen LogP contribution in [0.25, 0.3) is 0 Å². The Bertz CT molecular complexity index is 658. The Kier molecular flexibility index (Phi) is 6.75. The van der Waals surface area contributed by atoms with Gasteiger partial charge in [-0.3, -0.25) is 0 Å². The highest BCUT2D eigenvalue weighted by atomic mass is 16.3. The lowest BCUT2D eigenvalue weighted by Crippen LogP contribution is -2.50. The highest BCUT2D eigenvalue weighted by Gasteiger charge is 2.58. The molecular formula is C29H50O2. The average molecular weight is 431 g/mol. The van der Waals surface area contributed by atoms with Gasteiger partial charge in [0.05, 0.1) is 12.2 Å². The monoisotopic (exact) mass is 430 g/mol. The van der Waals surface area contributed by atoms with E-state index in [0.717, 1.165) is 43.4 Å². The molecule has 0 spiro atoms. The number of aliphatic hydroxyl groups is 2. The van der Waals surface area contributed by atoms with Crippen LogP contribution in [0.15, 0.2) is 11.6 Å². The second-order valence-corrected chi connectivity index (χ2v) is 13.3. The molecule has 0 amide bonds. The smallest absolute Gasteiger partial charge is 0.0577 e. The molecule has 2 heteroatoms.